The van der Waals surface area contributed by atoms with Gasteiger partial charge in [-0.3, -0.25) is 4.98 Å². The van der Waals surface area contributed by atoms with Crippen LogP contribution in [0.2, 0.25) is 0 Å². The van der Waals surface area contributed by atoms with Gasteiger partial charge in [0.05, 0.1) is 17.0 Å². The lowest BCUT2D eigenvalue weighted by molar-refractivity contribution is -0.258. The molecule has 2 N–H and O–H groups in total. The van der Waals surface area contributed by atoms with Gasteiger partial charge in [-0.25, -0.2) is 13.1 Å². The number of halogens is 3. The maximum absolute atomic E-state index is 13.5. The summed E-state index contributed by atoms with van der Waals surface area (Å²) < 4.78 is 70.4. The number of pyridine rings is 1. The number of benzene rings is 2. The van der Waals surface area contributed by atoms with Crippen molar-refractivity contribution in [2.45, 2.75) is 49.8 Å². The Kier molecular flexibility index (Phi) is 6.95. The van der Waals surface area contributed by atoms with Crippen LogP contribution in [0, 0.1) is 0 Å². The van der Waals surface area contributed by atoms with Crippen LogP contribution in [0.4, 0.5) is 13.2 Å². The molecule has 0 amide bonds. The Morgan fingerprint density at radius 3 is 2.51 bits per heavy atom. The second kappa shape index (κ2) is 9.85. The average molecular weight is 573 g/mol. The first kappa shape index (κ1) is 27.5. The molecule has 0 spiro atoms. The van der Waals surface area contributed by atoms with Crippen LogP contribution >= 0.6 is 11.3 Å². The third-order valence-electron chi connectivity index (χ3n) is 6.97. The monoisotopic (exact) mass is 572 g/mol. The van der Waals surface area contributed by atoms with Crippen molar-refractivity contribution < 1.29 is 26.7 Å². The van der Waals surface area contributed by atoms with E-state index in [9.17, 15) is 26.7 Å². The average Bonchev–Trinajstić information content (AvgIpc) is 3.66. The molecule has 2 atom stereocenters. The van der Waals surface area contributed by atoms with Gasteiger partial charge < -0.3 is 5.11 Å². The van der Waals surface area contributed by atoms with Gasteiger partial charge in [0.1, 0.15) is 0 Å². The summed E-state index contributed by atoms with van der Waals surface area (Å²) in [5, 5.41) is 10.6. The molecule has 2 heterocycles. The van der Waals surface area contributed by atoms with E-state index in [1.807, 2.05) is 43.3 Å². The number of aromatic nitrogens is 1. The van der Waals surface area contributed by atoms with Gasteiger partial charge >= 0.3 is 6.18 Å². The first-order valence-electron chi connectivity index (χ1n) is 12.3. The molecule has 5 nitrogen and oxygen atoms in total. The number of rotatable bonds is 8. The molecule has 10 heteroatoms. The number of fused-ring (bicyclic) bond motifs is 1. The standard InChI is InChI=1S/C29H27F3N2O3S2/c1-17(2)21-8-4-5-9-22(21)26(34-39(36,37)20-11-12-20)25-15-18-7-6-10-23(27(18)38-25)24-16-19(13-14-33-24)28(3,35)29(30,31)32/h4-10,13-16,20,26,34-35H,1,11-12H2,2-3H3/t26-,28-/m1/s1. The number of thiophene rings is 1. The lowest BCUT2D eigenvalue weighted by atomic mass is 9.94. The van der Waals surface area contributed by atoms with Gasteiger partial charge in [0.25, 0.3) is 0 Å². The summed E-state index contributed by atoms with van der Waals surface area (Å²) in [6.45, 7) is 6.64. The van der Waals surface area contributed by atoms with E-state index in [0.717, 1.165) is 37.7 Å². The Balaban J connectivity index is 1.65. The van der Waals surface area contributed by atoms with E-state index in [1.54, 1.807) is 12.1 Å². The topological polar surface area (TPSA) is 79.3 Å². The van der Waals surface area contributed by atoms with E-state index in [1.165, 1.54) is 23.6 Å². The maximum Gasteiger partial charge on any atom is 0.421 e. The van der Waals surface area contributed by atoms with Gasteiger partial charge in [-0.05, 0) is 67.0 Å². The van der Waals surface area contributed by atoms with Crippen LogP contribution in [0.25, 0.3) is 26.9 Å². The molecule has 204 valence electrons. The van der Waals surface area contributed by atoms with Gasteiger partial charge in [-0.1, -0.05) is 54.6 Å². The molecular weight excluding hydrogens is 545 g/mol. The van der Waals surface area contributed by atoms with Gasteiger partial charge in [-0.2, -0.15) is 13.2 Å². The lowest BCUT2D eigenvalue weighted by Gasteiger charge is -2.26. The minimum atomic E-state index is -4.86. The molecular formula is C29H27F3N2O3S2. The first-order chi connectivity index (χ1) is 18.3. The summed E-state index contributed by atoms with van der Waals surface area (Å²) in [5.74, 6) is 0. The van der Waals surface area contributed by atoms with Gasteiger partial charge in [0.15, 0.2) is 5.60 Å². The fourth-order valence-corrected chi connectivity index (χ4v) is 7.38. The van der Waals surface area contributed by atoms with Crippen LogP contribution in [0.5, 0.6) is 0 Å². The molecule has 5 rings (SSSR count). The van der Waals surface area contributed by atoms with Crippen LogP contribution in [0.15, 0.2) is 73.4 Å². The van der Waals surface area contributed by atoms with Gasteiger partial charge in [0.2, 0.25) is 10.0 Å². The number of hydrogen-bond donors (Lipinski definition) is 2. The van der Waals surface area contributed by atoms with Crippen molar-refractivity contribution in [2.24, 2.45) is 0 Å². The number of aliphatic hydroxyl groups is 1. The lowest BCUT2D eigenvalue weighted by Crippen LogP contribution is -2.39. The Morgan fingerprint density at radius 2 is 1.85 bits per heavy atom. The van der Waals surface area contributed by atoms with Crippen LogP contribution in [-0.4, -0.2) is 29.9 Å². The van der Waals surface area contributed by atoms with Crippen molar-refractivity contribution in [3.05, 3.63) is 95.0 Å². The highest BCUT2D eigenvalue weighted by Crippen LogP contribution is 2.43. The SMILES string of the molecule is C=C(C)c1ccccc1[C@@H](NS(=O)(=O)C1CC1)c1cc2cccc(-c3cc([C@@](C)(O)C(F)(F)F)ccn3)c2s1. The summed E-state index contributed by atoms with van der Waals surface area (Å²) in [5.41, 5.74) is -0.113. The summed E-state index contributed by atoms with van der Waals surface area (Å²) in [4.78, 5) is 5.03. The first-order valence-corrected chi connectivity index (χ1v) is 14.7. The van der Waals surface area contributed by atoms with Crippen LogP contribution in [-0.2, 0) is 15.6 Å². The van der Waals surface area contributed by atoms with Gasteiger partial charge in [-0.15, -0.1) is 11.3 Å². The zero-order valence-corrected chi connectivity index (χ0v) is 22.9. The highest BCUT2D eigenvalue weighted by atomic mass is 32.2. The second-order valence-corrected chi connectivity index (χ2v) is 13.1. The van der Waals surface area contributed by atoms with Crippen molar-refractivity contribution in [2.75, 3.05) is 0 Å². The number of allylic oxidation sites excluding steroid dienone is 1. The summed E-state index contributed by atoms with van der Waals surface area (Å²) in [6.07, 6.45) is -2.39. The molecule has 0 bridgehead atoms. The Hall–Kier alpha value is -3.05. The largest absolute Gasteiger partial charge is 0.421 e. The van der Waals surface area contributed by atoms with E-state index in [2.05, 4.69) is 16.3 Å². The van der Waals surface area contributed by atoms with Crippen molar-refractivity contribution in [3.63, 3.8) is 0 Å². The number of nitrogens with zero attached hydrogens (tertiary/aromatic N) is 1. The molecule has 1 saturated carbocycles. The van der Waals surface area contributed by atoms with E-state index in [0.29, 0.717) is 25.3 Å². The molecule has 39 heavy (non-hydrogen) atoms. The maximum atomic E-state index is 13.5. The molecule has 0 unspecified atom stereocenters. The molecule has 1 aliphatic rings. The highest BCUT2D eigenvalue weighted by Gasteiger charge is 2.51. The van der Waals surface area contributed by atoms with E-state index in [-0.39, 0.29) is 11.3 Å². The predicted octanol–water partition coefficient (Wildman–Crippen LogP) is 6.94. The Bertz CT molecular complexity index is 1670. The van der Waals surface area contributed by atoms with Crippen molar-refractivity contribution in [1.82, 2.24) is 9.71 Å². The van der Waals surface area contributed by atoms with Crippen molar-refractivity contribution >= 4 is 37.0 Å². The molecule has 0 radical (unpaired) electrons. The minimum Gasteiger partial charge on any atom is -0.376 e. The number of hydrogen-bond acceptors (Lipinski definition) is 5. The number of sulfonamides is 1. The van der Waals surface area contributed by atoms with Crippen LogP contribution in [0.3, 0.4) is 0 Å². The van der Waals surface area contributed by atoms with E-state index in [4.69, 9.17) is 0 Å². The molecule has 2 aromatic heterocycles. The highest BCUT2D eigenvalue weighted by molar-refractivity contribution is 7.90. The second-order valence-electron chi connectivity index (χ2n) is 10.0. The molecule has 0 saturated heterocycles. The zero-order chi connectivity index (χ0) is 28.2. The zero-order valence-electron chi connectivity index (χ0n) is 21.3. The van der Waals surface area contributed by atoms with Crippen LogP contribution < -0.4 is 4.72 Å². The summed E-state index contributed by atoms with van der Waals surface area (Å²) in [6, 6.07) is 16.5. The summed E-state index contributed by atoms with van der Waals surface area (Å²) >= 11 is 1.35. The third-order valence-corrected chi connectivity index (χ3v) is 10.1. The van der Waals surface area contributed by atoms with E-state index >= 15 is 0 Å². The molecule has 1 fully saturated rings. The summed E-state index contributed by atoms with van der Waals surface area (Å²) in [7, 11) is -3.58. The Morgan fingerprint density at radius 1 is 1.13 bits per heavy atom. The number of nitrogens with one attached hydrogen (secondary N) is 1. The van der Waals surface area contributed by atoms with Crippen LogP contribution in [0.1, 0.15) is 54.3 Å². The minimum absolute atomic E-state index is 0.272. The molecule has 2 aromatic carbocycles. The fraction of sp³-hybridized carbons (Fsp3) is 0.276. The fourth-order valence-electron chi connectivity index (χ4n) is 4.52. The molecule has 0 aliphatic heterocycles. The van der Waals surface area contributed by atoms with Crippen molar-refractivity contribution in [1.29, 1.82) is 0 Å². The number of alkyl halides is 3. The molecule has 4 aromatic rings. The quantitative estimate of drug-likeness (QED) is 0.240. The predicted molar refractivity (Wildman–Crippen MR) is 149 cm³/mol. The Labute approximate surface area is 229 Å². The third kappa shape index (κ3) is 5.26. The normalized spacial score (nSPS) is 16.7. The van der Waals surface area contributed by atoms with Gasteiger partial charge in [0, 0.05) is 21.3 Å². The van der Waals surface area contributed by atoms with E-state index < -0.39 is 33.1 Å². The molecule has 1 aliphatic carbocycles. The smallest absolute Gasteiger partial charge is 0.376 e. The van der Waals surface area contributed by atoms with Crippen molar-refractivity contribution in [3.8, 4) is 11.3 Å².